The van der Waals surface area contributed by atoms with Gasteiger partial charge in [-0.3, -0.25) is 4.90 Å². The monoisotopic (exact) mass is 434 g/mol. The quantitative estimate of drug-likeness (QED) is 0.445. The molecule has 2 atom stereocenters. The third kappa shape index (κ3) is 5.01. The maximum atomic E-state index is 4.07. The summed E-state index contributed by atoms with van der Waals surface area (Å²) in [4.78, 5) is 2.82. The van der Waals surface area contributed by atoms with Crippen LogP contribution < -0.4 is 5.32 Å². The molecule has 0 amide bonds. The van der Waals surface area contributed by atoms with Crippen LogP contribution in [0.3, 0.4) is 0 Å². The molecule has 32 heavy (non-hydrogen) atoms. The average molecular weight is 435 g/mol. The van der Waals surface area contributed by atoms with E-state index in [9.17, 15) is 0 Å². The van der Waals surface area contributed by atoms with E-state index >= 15 is 0 Å². The highest BCUT2D eigenvalue weighted by Gasteiger charge is 2.42. The SMILES string of the molecule is C=CCCC(C)(C(NC(C)(C)C)=C1CCC1)C1CCN(C2CCCc3ccccc32)CC1. The summed E-state index contributed by atoms with van der Waals surface area (Å²) in [6.45, 7) is 16.1. The Morgan fingerprint density at radius 3 is 2.38 bits per heavy atom. The minimum absolute atomic E-state index is 0.111. The van der Waals surface area contributed by atoms with Crippen molar-refractivity contribution in [3.05, 3.63) is 59.3 Å². The van der Waals surface area contributed by atoms with Crippen LogP contribution in [0.15, 0.2) is 48.2 Å². The molecule has 2 aliphatic carbocycles. The fraction of sp³-hybridized carbons (Fsp3) is 0.667. The standard InChI is InChI=1S/C30H46N2/c1-6-7-20-30(5,28(24-14-10-15-24)31-29(2,3)4)25-18-21-32(22-19-25)27-17-11-13-23-12-8-9-16-26(23)27/h6,8-9,12,16,25,27,31H,1,7,10-11,13-15,17-22H2,2-5H3. The number of hydrogen-bond donors (Lipinski definition) is 1. The number of benzene rings is 1. The van der Waals surface area contributed by atoms with Gasteiger partial charge in [-0.25, -0.2) is 0 Å². The Kier molecular flexibility index (Phi) is 7.20. The maximum absolute atomic E-state index is 4.07. The first-order chi connectivity index (χ1) is 15.3. The Balaban J connectivity index is 1.53. The molecule has 0 bridgehead atoms. The van der Waals surface area contributed by atoms with Crippen LogP contribution in [0.2, 0.25) is 0 Å². The van der Waals surface area contributed by atoms with E-state index in [0.29, 0.717) is 6.04 Å². The van der Waals surface area contributed by atoms with Crippen LogP contribution in [0.5, 0.6) is 0 Å². The predicted molar refractivity (Wildman–Crippen MR) is 138 cm³/mol. The summed E-state index contributed by atoms with van der Waals surface area (Å²) in [6.07, 6.45) is 15.0. The Bertz CT molecular complexity index is 815. The number of fused-ring (bicyclic) bond motifs is 1. The molecular formula is C30H46N2. The van der Waals surface area contributed by atoms with Gasteiger partial charge in [-0.15, -0.1) is 6.58 Å². The number of nitrogens with one attached hydrogen (secondary N) is 1. The molecule has 1 aromatic rings. The summed E-state index contributed by atoms with van der Waals surface area (Å²) in [5, 5.41) is 4.02. The first kappa shape index (κ1) is 23.6. The molecule has 1 N–H and O–H groups in total. The molecule has 0 radical (unpaired) electrons. The van der Waals surface area contributed by atoms with Gasteiger partial charge in [0.15, 0.2) is 0 Å². The van der Waals surface area contributed by atoms with Gasteiger partial charge in [0, 0.05) is 22.7 Å². The number of likely N-dealkylation sites (tertiary alicyclic amines) is 1. The molecular weight excluding hydrogens is 388 g/mol. The third-order valence-corrected chi connectivity index (χ3v) is 8.46. The van der Waals surface area contributed by atoms with E-state index < -0.39 is 0 Å². The van der Waals surface area contributed by atoms with Crippen molar-refractivity contribution in [2.75, 3.05) is 13.1 Å². The summed E-state index contributed by atoms with van der Waals surface area (Å²) >= 11 is 0. The van der Waals surface area contributed by atoms with E-state index in [-0.39, 0.29) is 11.0 Å². The lowest BCUT2D eigenvalue weighted by Gasteiger charge is -2.49. The van der Waals surface area contributed by atoms with Gasteiger partial charge in [-0.05, 0) is 115 Å². The van der Waals surface area contributed by atoms with Crippen LogP contribution in [0, 0.1) is 11.3 Å². The van der Waals surface area contributed by atoms with Crippen LogP contribution in [-0.4, -0.2) is 23.5 Å². The molecule has 2 unspecified atom stereocenters. The van der Waals surface area contributed by atoms with Gasteiger partial charge in [0.1, 0.15) is 0 Å². The van der Waals surface area contributed by atoms with E-state index in [0.717, 1.165) is 12.3 Å². The van der Waals surface area contributed by atoms with E-state index in [1.165, 1.54) is 70.9 Å². The van der Waals surface area contributed by atoms with E-state index in [4.69, 9.17) is 0 Å². The topological polar surface area (TPSA) is 15.3 Å². The molecule has 2 heteroatoms. The van der Waals surface area contributed by atoms with Crippen molar-refractivity contribution in [1.29, 1.82) is 0 Å². The predicted octanol–water partition coefficient (Wildman–Crippen LogP) is 7.57. The molecule has 176 valence electrons. The van der Waals surface area contributed by atoms with Crippen molar-refractivity contribution in [3.63, 3.8) is 0 Å². The van der Waals surface area contributed by atoms with Gasteiger partial charge in [-0.1, -0.05) is 42.8 Å². The fourth-order valence-electron chi connectivity index (χ4n) is 6.50. The van der Waals surface area contributed by atoms with Gasteiger partial charge in [0.05, 0.1) is 0 Å². The van der Waals surface area contributed by atoms with Gasteiger partial charge in [-0.2, -0.15) is 0 Å². The summed E-state index contributed by atoms with van der Waals surface area (Å²) < 4.78 is 0. The van der Waals surface area contributed by atoms with Crippen molar-refractivity contribution in [3.8, 4) is 0 Å². The van der Waals surface area contributed by atoms with Crippen LogP contribution in [0.4, 0.5) is 0 Å². The minimum atomic E-state index is 0.111. The second-order valence-electron chi connectivity index (χ2n) is 11.9. The maximum Gasteiger partial charge on any atom is 0.0350 e. The fourth-order valence-corrected chi connectivity index (χ4v) is 6.50. The number of hydrogen-bond acceptors (Lipinski definition) is 2. The first-order valence-corrected chi connectivity index (χ1v) is 13.3. The van der Waals surface area contributed by atoms with Gasteiger partial charge in [0.25, 0.3) is 0 Å². The second-order valence-corrected chi connectivity index (χ2v) is 11.9. The molecule has 1 saturated heterocycles. The Morgan fingerprint density at radius 1 is 1.03 bits per heavy atom. The molecule has 2 fully saturated rings. The number of rotatable bonds is 7. The smallest absolute Gasteiger partial charge is 0.0350 e. The minimum Gasteiger partial charge on any atom is -0.383 e. The molecule has 0 aromatic heterocycles. The molecule has 1 heterocycles. The summed E-state index contributed by atoms with van der Waals surface area (Å²) in [5.41, 5.74) is 6.84. The van der Waals surface area contributed by atoms with Crippen molar-refractivity contribution < 1.29 is 0 Å². The van der Waals surface area contributed by atoms with E-state index in [1.54, 1.807) is 22.4 Å². The lowest BCUT2D eigenvalue weighted by molar-refractivity contribution is 0.0660. The normalized spacial score (nSPS) is 24.2. The average Bonchev–Trinajstić information content (AvgIpc) is 2.74. The summed E-state index contributed by atoms with van der Waals surface area (Å²) in [5.74, 6) is 0.746. The molecule has 1 saturated carbocycles. The zero-order chi connectivity index (χ0) is 22.8. The molecule has 0 spiro atoms. The van der Waals surface area contributed by atoms with Crippen molar-refractivity contribution in [1.82, 2.24) is 10.2 Å². The number of aryl methyl sites for hydroxylation is 1. The highest BCUT2D eigenvalue weighted by molar-refractivity contribution is 5.32. The number of allylic oxidation sites excluding steroid dienone is 3. The van der Waals surface area contributed by atoms with Crippen molar-refractivity contribution in [2.24, 2.45) is 11.3 Å². The highest BCUT2D eigenvalue weighted by atomic mass is 15.2. The highest BCUT2D eigenvalue weighted by Crippen LogP contribution is 2.49. The molecule has 3 aliphatic rings. The Hall–Kier alpha value is -1.54. The number of nitrogens with zero attached hydrogens (tertiary/aromatic N) is 1. The summed E-state index contributed by atoms with van der Waals surface area (Å²) in [7, 11) is 0. The van der Waals surface area contributed by atoms with Crippen LogP contribution in [0.1, 0.15) is 103 Å². The lowest BCUT2D eigenvalue weighted by atomic mass is 9.64. The summed E-state index contributed by atoms with van der Waals surface area (Å²) in [6, 6.07) is 9.85. The second kappa shape index (κ2) is 9.75. The first-order valence-electron chi connectivity index (χ1n) is 13.3. The van der Waals surface area contributed by atoms with Crippen LogP contribution in [-0.2, 0) is 6.42 Å². The molecule has 4 rings (SSSR count). The van der Waals surface area contributed by atoms with E-state index in [1.807, 2.05) is 0 Å². The third-order valence-electron chi connectivity index (χ3n) is 8.46. The molecule has 2 nitrogen and oxygen atoms in total. The Labute approximate surface area is 197 Å². The van der Waals surface area contributed by atoms with Gasteiger partial charge >= 0.3 is 0 Å². The van der Waals surface area contributed by atoms with Gasteiger partial charge in [0.2, 0.25) is 0 Å². The van der Waals surface area contributed by atoms with E-state index in [2.05, 4.69) is 74.8 Å². The lowest BCUT2D eigenvalue weighted by Crippen LogP contribution is -2.48. The van der Waals surface area contributed by atoms with Crippen LogP contribution >= 0.6 is 0 Å². The molecule has 1 aliphatic heterocycles. The zero-order valence-corrected chi connectivity index (χ0v) is 21.2. The molecule has 1 aromatic carbocycles. The van der Waals surface area contributed by atoms with Crippen molar-refractivity contribution >= 4 is 0 Å². The van der Waals surface area contributed by atoms with Crippen molar-refractivity contribution in [2.45, 2.75) is 103 Å². The Morgan fingerprint density at radius 2 is 1.75 bits per heavy atom. The van der Waals surface area contributed by atoms with Gasteiger partial charge < -0.3 is 5.32 Å². The largest absolute Gasteiger partial charge is 0.383 e. The zero-order valence-electron chi connectivity index (χ0n) is 21.2. The number of piperidine rings is 1. The van der Waals surface area contributed by atoms with Crippen LogP contribution in [0.25, 0.3) is 0 Å².